The van der Waals surface area contributed by atoms with Crippen molar-refractivity contribution in [2.24, 2.45) is 9.98 Å². The molecule has 4 heteroatoms. The van der Waals surface area contributed by atoms with Crippen molar-refractivity contribution in [1.82, 2.24) is 0 Å². The van der Waals surface area contributed by atoms with Crippen LogP contribution in [0.2, 0.25) is 0 Å². The zero-order valence-electron chi connectivity index (χ0n) is 9.59. The molecule has 88 valence electrons. The van der Waals surface area contributed by atoms with Crippen molar-refractivity contribution in [2.75, 3.05) is 0 Å². The number of aliphatic imine (C=N–C) groups is 2. The third-order valence-electron chi connectivity index (χ3n) is 2.75. The first-order chi connectivity index (χ1) is 8.86. The van der Waals surface area contributed by atoms with Gasteiger partial charge in [-0.1, -0.05) is 36.4 Å². The highest BCUT2D eigenvalue weighted by atomic mass is 16.1. The second-order valence-corrected chi connectivity index (χ2v) is 3.74. The van der Waals surface area contributed by atoms with Gasteiger partial charge in [0.25, 0.3) is 0 Å². The number of nitrogens with zero attached hydrogens (tertiary/aromatic N) is 2. The second-order valence-electron chi connectivity index (χ2n) is 3.74. The summed E-state index contributed by atoms with van der Waals surface area (Å²) in [5.41, 5.74) is 1.77. The molecule has 0 N–H and O–H groups in total. The van der Waals surface area contributed by atoms with E-state index in [9.17, 15) is 9.59 Å². The highest BCUT2D eigenvalue weighted by Gasteiger charge is 2.06. The van der Waals surface area contributed by atoms with Crippen LogP contribution in [0.1, 0.15) is 11.1 Å². The summed E-state index contributed by atoms with van der Waals surface area (Å²) in [6.07, 6.45) is 3.05. The Kier molecular flexibility index (Phi) is 3.77. The fourth-order valence-corrected chi connectivity index (χ4v) is 1.94. The molecular formula is C14H10N2O2. The van der Waals surface area contributed by atoms with E-state index in [1.807, 2.05) is 36.4 Å². The zero-order valence-corrected chi connectivity index (χ0v) is 9.59. The smallest absolute Gasteiger partial charge is 0.211 e. The molecule has 0 spiro atoms. The largest absolute Gasteiger partial charge is 0.235 e. The van der Waals surface area contributed by atoms with Gasteiger partial charge in [0.05, 0.1) is 13.1 Å². The highest BCUT2D eigenvalue weighted by molar-refractivity contribution is 5.86. The number of fused-ring (bicyclic) bond motifs is 1. The molecule has 0 atom stereocenters. The number of rotatable bonds is 4. The first kappa shape index (κ1) is 11.9. The van der Waals surface area contributed by atoms with Gasteiger partial charge in [-0.3, -0.25) is 0 Å². The molecule has 0 heterocycles. The van der Waals surface area contributed by atoms with Crippen LogP contribution in [0.4, 0.5) is 0 Å². The number of carbonyl (C=O) groups excluding carboxylic acids is 2. The van der Waals surface area contributed by atoms with Gasteiger partial charge < -0.3 is 0 Å². The molecule has 0 fully saturated rings. The normalized spacial score (nSPS) is 9.56. The fourth-order valence-electron chi connectivity index (χ4n) is 1.94. The van der Waals surface area contributed by atoms with Gasteiger partial charge in [0.15, 0.2) is 0 Å². The first-order valence-corrected chi connectivity index (χ1v) is 5.43. The molecule has 2 aromatic rings. The molecule has 0 bridgehead atoms. The lowest BCUT2D eigenvalue weighted by Crippen LogP contribution is -1.94. The second kappa shape index (κ2) is 5.69. The summed E-state index contributed by atoms with van der Waals surface area (Å²) in [5, 5.41) is 2.07. The Morgan fingerprint density at radius 2 is 1.61 bits per heavy atom. The van der Waals surface area contributed by atoms with E-state index in [4.69, 9.17) is 0 Å². The number of benzene rings is 2. The predicted octanol–water partition coefficient (Wildman–Crippen LogP) is 2.51. The molecule has 0 saturated heterocycles. The predicted molar refractivity (Wildman–Crippen MR) is 67.6 cm³/mol. The SMILES string of the molecule is O=C=NCc1ccc2ccccc2c1CN=C=O. The summed E-state index contributed by atoms with van der Waals surface area (Å²) in [4.78, 5) is 27.6. The summed E-state index contributed by atoms with van der Waals surface area (Å²) in [6.45, 7) is 0.493. The maximum absolute atomic E-state index is 10.3. The molecule has 0 aromatic heterocycles. The molecule has 2 aromatic carbocycles. The van der Waals surface area contributed by atoms with Gasteiger partial charge in [0.2, 0.25) is 12.2 Å². The monoisotopic (exact) mass is 238 g/mol. The van der Waals surface area contributed by atoms with E-state index in [1.54, 1.807) is 0 Å². The van der Waals surface area contributed by atoms with Gasteiger partial charge in [0, 0.05) is 0 Å². The van der Waals surface area contributed by atoms with Crippen LogP contribution in [0.15, 0.2) is 46.4 Å². The molecule has 0 saturated carbocycles. The molecular weight excluding hydrogens is 228 g/mol. The maximum atomic E-state index is 10.3. The van der Waals surface area contributed by atoms with E-state index < -0.39 is 0 Å². The van der Waals surface area contributed by atoms with Crippen molar-refractivity contribution < 1.29 is 9.59 Å². The lowest BCUT2D eigenvalue weighted by Gasteiger charge is -2.08. The van der Waals surface area contributed by atoms with Crippen LogP contribution in [0.5, 0.6) is 0 Å². The van der Waals surface area contributed by atoms with Gasteiger partial charge in [-0.25, -0.2) is 19.6 Å². The van der Waals surface area contributed by atoms with Crippen LogP contribution in [-0.2, 0) is 22.7 Å². The van der Waals surface area contributed by atoms with E-state index in [0.717, 1.165) is 21.9 Å². The molecule has 0 amide bonds. The van der Waals surface area contributed by atoms with Gasteiger partial charge in [-0.15, -0.1) is 0 Å². The van der Waals surface area contributed by atoms with E-state index in [1.165, 1.54) is 12.2 Å². The van der Waals surface area contributed by atoms with Crippen molar-refractivity contribution in [1.29, 1.82) is 0 Å². The highest BCUT2D eigenvalue weighted by Crippen LogP contribution is 2.23. The fraction of sp³-hybridized carbons (Fsp3) is 0.143. The van der Waals surface area contributed by atoms with Gasteiger partial charge in [-0.2, -0.15) is 0 Å². The lowest BCUT2D eigenvalue weighted by molar-refractivity contribution is 0.561. The Hall–Kier alpha value is -2.54. The average Bonchev–Trinajstić information content (AvgIpc) is 2.43. The quantitative estimate of drug-likeness (QED) is 0.607. The first-order valence-electron chi connectivity index (χ1n) is 5.43. The van der Waals surface area contributed by atoms with Crippen molar-refractivity contribution >= 4 is 22.9 Å². The Balaban J connectivity index is 2.61. The minimum atomic E-state index is 0.245. The minimum Gasteiger partial charge on any atom is -0.211 e. The summed E-state index contributed by atoms with van der Waals surface area (Å²) >= 11 is 0. The van der Waals surface area contributed by atoms with Crippen molar-refractivity contribution in [3.63, 3.8) is 0 Å². The molecule has 0 aliphatic rings. The molecule has 0 aliphatic carbocycles. The molecule has 4 nitrogen and oxygen atoms in total. The third-order valence-corrected chi connectivity index (χ3v) is 2.75. The van der Waals surface area contributed by atoms with Crippen LogP contribution >= 0.6 is 0 Å². The molecule has 0 aliphatic heterocycles. The molecule has 0 unspecified atom stereocenters. The van der Waals surface area contributed by atoms with Gasteiger partial charge in [0.1, 0.15) is 0 Å². The summed E-state index contributed by atoms with van der Waals surface area (Å²) in [7, 11) is 0. The lowest BCUT2D eigenvalue weighted by atomic mass is 9.99. The van der Waals surface area contributed by atoms with Crippen LogP contribution in [-0.4, -0.2) is 12.2 Å². The van der Waals surface area contributed by atoms with Crippen LogP contribution in [0, 0.1) is 0 Å². The molecule has 2 rings (SSSR count). The molecule has 18 heavy (non-hydrogen) atoms. The Bertz CT molecular complexity index is 667. The van der Waals surface area contributed by atoms with Gasteiger partial charge in [-0.05, 0) is 21.9 Å². The van der Waals surface area contributed by atoms with Crippen LogP contribution in [0.25, 0.3) is 10.8 Å². The topological polar surface area (TPSA) is 58.9 Å². The summed E-state index contributed by atoms with van der Waals surface area (Å²) in [5.74, 6) is 0. The van der Waals surface area contributed by atoms with Crippen molar-refractivity contribution in [3.05, 3.63) is 47.5 Å². The van der Waals surface area contributed by atoms with E-state index in [2.05, 4.69) is 9.98 Å². The summed E-state index contributed by atoms with van der Waals surface area (Å²) < 4.78 is 0. The van der Waals surface area contributed by atoms with E-state index in [-0.39, 0.29) is 13.1 Å². The minimum absolute atomic E-state index is 0.245. The number of hydrogen-bond acceptors (Lipinski definition) is 4. The zero-order chi connectivity index (χ0) is 12.8. The van der Waals surface area contributed by atoms with Crippen molar-refractivity contribution in [2.45, 2.75) is 13.1 Å². The van der Waals surface area contributed by atoms with Crippen LogP contribution < -0.4 is 0 Å². The average molecular weight is 238 g/mol. The number of isocyanates is 2. The third kappa shape index (κ3) is 2.41. The van der Waals surface area contributed by atoms with Crippen molar-refractivity contribution in [3.8, 4) is 0 Å². The Morgan fingerprint density at radius 3 is 2.39 bits per heavy atom. The maximum Gasteiger partial charge on any atom is 0.235 e. The molecule has 0 radical (unpaired) electrons. The number of hydrogen-bond donors (Lipinski definition) is 0. The Labute approximate surface area is 104 Å². The van der Waals surface area contributed by atoms with E-state index in [0.29, 0.717) is 0 Å². The van der Waals surface area contributed by atoms with Gasteiger partial charge >= 0.3 is 0 Å². The summed E-state index contributed by atoms with van der Waals surface area (Å²) in [6, 6.07) is 11.6. The Morgan fingerprint density at radius 1 is 0.889 bits per heavy atom. The standard InChI is InChI=1S/C14H10N2O2/c17-9-15-7-12-6-5-11-3-1-2-4-13(11)14(12)8-16-10-18/h1-6H,7-8H2. The van der Waals surface area contributed by atoms with Crippen LogP contribution in [0.3, 0.4) is 0 Å². The van der Waals surface area contributed by atoms with E-state index >= 15 is 0 Å².